The summed E-state index contributed by atoms with van der Waals surface area (Å²) in [5.74, 6) is -1.81. The third-order valence-electron chi connectivity index (χ3n) is 2.51. The number of nitrogens with zero attached hydrogens (tertiary/aromatic N) is 1. The van der Waals surface area contributed by atoms with Gasteiger partial charge in [0.2, 0.25) is 0 Å². The highest BCUT2D eigenvalue weighted by molar-refractivity contribution is 7.90. The lowest BCUT2D eigenvalue weighted by molar-refractivity contribution is -0.135. The molecule has 1 rings (SSSR count). The lowest BCUT2D eigenvalue weighted by Crippen LogP contribution is -2.31. The molecule has 1 N–H and O–H groups in total. The smallest absolute Gasteiger partial charge is 0.323 e. The summed E-state index contributed by atoms with van der Waals surface area (Å²) < 4.78 is 36.5. The normalized spacial score (nSPS) is 11.3. The Labute approximate surface area is 111 Å². The maximum Gasteiger partial charge on any atom is 0.323 e. The van der Waals surface area contributed by atoms with Crippen molar-refractivity contribution in [2.45, 2.75) is 18.2 Å². The molecule has 5 nitrogen and oxygen atoms in total. The van der Waals surface area contributed by atoms with Gasteiger partial charge in [0.25, 0.3) is 0 Å². The fourth-order valence-electron chi connectivity index (χ4n) is 1.69. The van der Waals surface area contributed by atoms with E-state index < -0.39 is 21.6 Å². The van der Waals surface area contributed by atoms with Crippen LogP contribution in [0.4, 0.5) is 10.1 Å². The van der Waals surface area contributed by atoms with Crippen molar-refractivity contribution in [3.8, 4) is 0 Å². The van der Waals surface area contributed by atoms with Gasteiger partial charge in [0.15, 0.2) is 9.84 Å². The number of halogens is 1. The van der Waals surface area contributed by atoms with Crippen LogP contribution in [0.3, 0.4) is 0 Å². The lowest BCUT2D eigenvalue weighted by Gasteiger charge is -2.22. The summed E-state index contributed by atoms with van der Waals surface area (Å²) in [6, 6.07) is 3.48. The van der Waals surface area contributed by atoms with E-state index >= 15 is 0 Å². The van der Waals surface area contributed by atoms with Crippen molar-refractivity contribution in [1.82, 2.24) is 0 Å². The summed E-state index contributed by atoms with van der Waals surface area (Å²) in [6.07, 6.45) is 1.64. The molecule has 0 aromatic heterocycles. The van der Waals surface area contributed by atoms with Crippen molar-refractivity contribution in [2.75, 3.05) is 24.2 Å². The Morgan fingerprint density at radius 3 is 2.47 bits per heavy atom. The first kappa shape index (κ1) is 15.4. The van der Waals surface area contributed by atoms with Gasteiger partial charge < -0.3 is 10.0 Å². The highest BCUT2D eigenvalue weighted by Gasteiger charge is 2.16. The number of hydrogen-bond acceptors (Lipinski definition) is 4. The predicted octanol–water partition coefficient (Wildman–Crippen LogP) is 1.53. The van der Waals surface area contributed by atoms with Gasteiger partial charge >= 0.3 is 5.97 Å². The van der Waals surface area contributed by atoms with Crippen molar-refractivity contribution in [1.29, 1.82) is 0 Å². The highest BCUT2D eigenvalue weighted by Crippen LogP contribution is 2.22. The largest absolute Gasteiger partial charge is 0.480 e. The molecule has 0 spiro atoms. The summed E-state index contributed by atoms with van der Waals surface area (Å²) in [4.78, 5) is 12.0. The van der Waals surface area contributed by atoms with E-state index in [0.29, 0.717) is 13.0 Å². The molecule has 0 unspecified atom stereocenters. The highest BCUT2D eigenvalue weighted by atomic mass is 32.2. The van der Waals surface area contributed by atoms with Gasteiger partial charge in [-0.05, 0) is 24.6 Å². The second kappa shape index (κ2) is 6.01. The van der Waals surface area contributed by atoms with Crippen molar-refractivity contribution in [3.05, 3.63) is 24.0 Å². The molecule has 0 aliphatic carbocycles. The molecule has 0 fully saturated rings. The molecule has 19 heavy (non-hydrogen) atoms. The molecule has 0 bridgehead atoms. The number of benzene rings is 1. The number of aliphatic carboxylic acids is 1. The molecule has 0 aliphatic rings. The number of carboxylic acid groups (broad SMARTS) is 1. The van der Waals surface area contributed by atoms with E-state index in [1.807, 2.05) is 6.92 Å². The van der Waals surface area contributed by atoms with Crippen LogP contribution in [0.15, 0.2) is 23.1 Å². The minimum atomic E-state index is -3.48. The molecule has 7 heteroatoms. The lowest BCUT2D eigenvalue weighted by atomic mass is 10.2. The Morgan fingerprint density at radius 2 is 2.05 bits per heavy atom. The Hall–Kier alpha value is -1.63. The van der Waals surface area contributed by atoms with Gasteiger partial charge in [0.1, 0.15) is 12.4 Å². The summed E-state index contributed by atoms with van der Waals surface area (Å²) >= 11 is 0. The van der Waals surface area contributed by atoms with Crippen LogP contribution < -0.4 is 4.90 Å². The molecule has 0 amide bonds. The number of anilines is 1. The van der Waals surface area contributed by atoms with Gasteiger partial charge in [-0.3, -0.25) is 4.79 Å². The molecule has 106 valence electrons. The number of hydrogen-bond donors (Lipinski definition) is 1. The van der Waals surface area contributed by atoms with Crippen LogP contribution >= 0.6 is 0 Å². The van der Waals surface area contributed by atoms with E-state index in [2.05, 4.69) is 0 Å². The average Bonchev–Trinajstić information content (AvgIpc) is 2.26. The Balaban J connectivity index is 3.15. The van der Waals surface area contributed by atoms with Crippen LogP contribution in [0.5, 0.6) is 0 Å². The molecule has 0 heterocycles. The van der Waals surface area contributed by atoms with Crippen LogP contribution in [0.2, 0.25) is 0 Å². The zero-order chi connectivity index (χ0) is 14.6. The average molecular weight is 289 g/mol. The summed E-state index contributed by atoms with van der Waals surface area (Å²) in [5.41, 5.74) is 0.0941. The third-order valence-corrected chi connectivity index (χ3v) is 3.62. The fraction of sp³-hybridized carbons (Fsp3) is 0.417. The van der Waals surface area contributed by atoms with E-state index in [-0.39, 0.29) is 17.1 Å². The maximum atomic E-state index is 13.9. The quantitative estimate of drug-likeness (QED) is 0.859. The van der Waals surface area contributed by atoms with Gasteiger partial charge in [0.05, 0.1) is 10.6 Å². The molecule has 1 aromatic rings. The van der Waals surface area contributed by atoms with Gasteiger partial charge in [-0.2, -0.15) is 0 Å². The molecule has 0 saturated heterocycles. The van der Waals surface area contributed by atoms with E-state index in [4.69, 9.17) is 5.11 Å². The Bertz CT molecular complexity index is 571. The number of carboxylic acids is 1. The first-order valence-electron chi connectivity index (χ1n) is 5.72. The van der Waals surface area contributed by atoms with Gasteiger partial charge in [-0.25, -0.2) is 12.8 Å². The zero-order valence-electron chi connectivity index (χ0n) is 10.8. The minimum absolute atomic E-state index is 0.0941. The monoisotopic (exact) mass is 289 g/mol. The standard InChI is InChI=1S/C12H16FNO4S/c1-3-6-14(8-12(15)16)11-5-4-9(7-10(11)13)19(2,17)18/h4-5,7H,3,6,8H2,1-2H3,(H,15,16). The van der Waals surface area contributed by atoms with Crippen molar-refractivity contribution >= 4 is 21.5 Å². The predicted molar refractivity (Wildman–Crippen MR) is 69.6 cm³/mol. The minimum Gasteiger partial charge on any atom is -0.480 e. The van der Waals surface area contributed by atoms with Gasteiger partial charge in [0, 0.05) is 12.8 Å². The van der Waals surface area contributed by atoms with Crippen LogP contribution in [0, 0.1) is 5.82 Å². The molecule has 1 aromatic carbocycles. The Morgan fingerprint density at radius 1 is 1.42 bits per heavy atom. The van der Waals surface area contributed by atoms with Crippen LogP contribution in [-0.4, -0.2) is 38.8 Å². The van der Waals surface area contributed by atoms with Gasteiger partial charge in [-0.1, -0.05) is 6.92 Å². The third kappa shape index (κ3) is 4.20. The van der Waals surface area contributed by atoms with E-state index in [1.165, 1.54) is 17.0 Å². The fourth-order valence-corrected chi connectivity index (χ4v) is 2.33. The van der Waals surface area contributed by atoms with Crippen molar-refractivity contribution in [2.24, 2.45) is 0 Å². The first-order chi connectivity index (χ1) is 8.75. The van der Waals surface area contributed by atoms with E-state index in [9.17, 15) is 17.6 Å². The summed E-state index contributed by atoms with van der Waals surface area (Å²) in [6.45, 7) is 1.89. The summed E-state index contributed by atoms with van der Waals surface area (Å²) in [7, 11) is -3.48. The van der Waals surface area contributed by atoms with Crippen molar-refractivity contribution < 1.29 is 22.7 Å². The second-order valence-corrected chi connectivity index (χ2v) is 6.22. The molecule has 0 radical (unpaired) electrons. The van der Waals surface area contributed by atoms with E-state index in [1.54, 1.807) is 0 Å². The second-order valence-electron chi connectivity index (χ2n) is 4.20. The van der Waals surface area contributed by atoms with Crippen molar-refractivity contribution in [3.63, 3.8) is 0 Å². The van der Waals surface area contributed by atoms with Crippen LogP contribution in [0.1, 0.15) is 13.3 Å². The van der Waals surface area contributed by atoms with Gasteiger partial charge in [-0.15, -0.1) is 0 Å². The van der Waals surface area contributed by atoms with E-state index in [0.717, 1.165) is 12.3 Å². The van der Waals surface area contributed by atoms with Crippen LogP contribution in [0.25, 0.3) is 0 Å². The molecule has 0 saturated carbocycles. The topological polar surface area (TPSA) is 74.7 Å². The number of rotatable bonds is 6. The molecule has 0 aliphatic heterocycles. The first-order valence-corrected chi connectivity index (χ1v) is 7.61. The maximum absolute atomic E-state index is 13.9. The zero-order valence-corrected chi connectivity index (χ0v) is 11.6. The van der Waals surface area contributed by atoms with Crippen LogP contribution in [-0.2, 0) is 14.6 Å². The number of carbonyl (C=O) groups is 1. The molecular formula is C12H16FNO4S. The molecule has 0 atom stereocenters. The summed E-state index contributed by atoms with van der Waals surface area (Å²) in [5, 5.41) is 8.79. The Kier molecular flexibility index (Phi) is 4.88. The molecular weight excluding hydrogens is 273 g/mol. The SMILES string of the molecule is CCCN(CC(=O)O)c1ccc(S(C)(=O)=O)cc1F. The number of sulfone groups is 1.